The molecule has 0 radical (unpaired) electrons. The summed E-state index contributed by atoms with van der Waals surface area (Å²) >= 11 is 0. The maximum atomic E-state index is 12.9. The molecule has 0 aromatic carbocycles. The molecule has 0 aliphatic rings. The first-order valence-corrected chi connectivity index (χ1v) is 36.0. The first kappa shape index (κ1) is 77.6. The van der Waals surface area contributed by atoms with Gasteiger partial charge in [0.05, 0.1) is 0 Å². The van der Waals surface area contributed by atoms with E-state index in [2.05, 4.69) is 57.2 Å². The van der Waals surface area contributed by atoms with Gasteiger partial charge in [-0.25, -0.2) is 0 Å². The fraction of sp³-hybridized carbons (Fsp3) is 0.878. The highest BCUT2D eigenvalue weighted by atomic mass is 16.6. The average Bonchev–Trinajstić information content (AvgIpc) is 3.46. The first-order chi connectivity index (χ1) is 39.5. The summed E-state index contributed by atoms with van der Waals surface area (Å²) in [5, 5.41) is 0. The smallest absolute Gasteiger partial charge is 0.306 e. The molecule has 470 valence electrons. The van der Waals surface area contributed by atoms with E-state index in [9.17, 15) is 14.4 Å². The number of hydrogen-bond donors (Lipinski definition) is 0. The number of carbonyl (C=O) groups excluding carboxylic acids is 3. The summed E-state index contributed by atoms with van der Waals surface area (Å²) in [6, 6.07) is 0. The molecule has 1 unspecified atom stereocenters. The summed E-state index contributed by atoms with van der Waals surface area (Å²) in [4.78, 5) is 38.3. The molecule has 0 saturated heterocycles. The lowest BCUT2D eigenvalue weighted by Gasteiger charge is -2.18. The zero-order chi connectivity index (χ0) is 57.8. The molecular formula is C74H138O6. The highest BCUT2D eigenvalue weighted by molar-refractivity contribution is 5.71. The second kappa shape index (κ2) is 69.1. The van der Waals surface area contributed by atoms with Crippen molar-refractivity contribution in [2.75, 3.05) is 13.2 Å². The minimum atomic E-state index is -0.776. The number of allylic oxidation sites excluding steroid dienone is 6. The Morgan fingerprint density at radius 3 is 0.738 bits per heavy atom. The zero-order valence-corrected chi connectivity index (χ0v) is 54.1. The van der Waals surface area contributed by atoms with Gasteiger partial charge in [-0.3, -0.25) is 14.4 Å². The van der Waals surface area contributed by atoms with Gasteiger partial charge in [-0.05, 0) is 70.6 Å². The van der Waals surface area contributed by atoms with Crippen LogP contribution in [0.15, 0.2) is 36.5 Å². The van der Waals surface area contributed by atoms with Crippen LogP contribution in [-0.4, -0.2) is 37.2 Å². The van der Waals surface area contributed by atoms with Crippen LogP contribution in [0.1, 0.15) is 400 Å². The largest absolute Gasteiger partial charge is 0.462 e. The van der Waals surface area contributed by atoms with Gasteiger partial charge in [0.2, 0.25) is 0 Å². The molecule has 0 rings (SSSR count). The maximum Gasteiger partial charge on any atom is 0.306 e. The average molecular weight is 1120 g/mol. The number of carbonyl (C=O) groups is 3. The van der Waals surface area contributed by atoms with Crippen LogP contribution < -0.4 is 0 Å². The molecule has 0 spiro atoms. The summed E-state index contributed by atoms with van der Waals surface area (Å²) in [5.74, 6) is -0.861. The molecule has 0 aliphatic carbocycles. The first-order valence-electron chi connectivity index (χ1n) is 36.0. The Morgan fingerprint density at radius 2 is 0.463 bits per heavy atom. The minimum Gasteiger partial charge on any atom is -0.462 e. The molecule has 0 saturated carbocycles. The van der Waals surface area contributed by atoms with E-state index in [1.165, 1.54) is 289 Å². The van der Waals surface area contributed by atoms with Crippen LogP contribution >= 0.6 is 0 Å². The number of esters is 3. The molecule has 6 nitrogen and oxygen atoms in total. The van der Waals surface area contributed by atoms with E-state index in [-0.39, 0.29) is 31.1 Å². The third-order valence-corrected chi connectivity index (χ3v) is 16.4. The van der Waals surface area contributed by atoms with E-state index < -0.39 is 6.10 Å². The Labute approximate surface area is 499 Å². The van der Waals surface area contributed by atoms with Crippen molar-refractivity contribution in [2.24, 2.45) is 0 Å². The van der Waals surface area contributed by atoms with Gasteiger partial charge >= 0.3 is 17.9 Å². The van der Waals surface area contributed by atoms with Crippen LogP contribution in [0.4, 0.5) is 0 Å². The van der Waals surface area contributed by atoms with Gasteiger partial charge in [0, 0.05) is 19.3 Å². The molecule has 6 heteroatoms. The molecule has 0 amide bonds. The van der Waals surface area contributed by atoms with Crippen LogP contribution in [0.3, 0.4) is 0 Å². The highest BCUT2D eigenvalue weighted by Crippen LogP contribution is 2.19. The molecule has 0 N–H and O–H groups in total. The number of ether oxygens (including phenoxy) is 3. The van der Waals surface area contributed by atoms with Crippen molar-refractivity contribution >= 4 is 17.9 Å². The lowest BCUT2D eigenvalue weighted by atomic mass is 10.0. The van der Waals surface area contributed by atoms with Crippen LogP contribution in [0.25, 0.3) is 0 Å². The Hall–Kier alpha value is -2.37. The fourth-order valence-corrected chi connectivity index (χ4v) is 10.9. The van der Waals surface area contributed by atoms with Gasteiger partial charge in [-0.15, -0.1) is 0 Å². The SMILES string of the molecule is CCCC/C=C\CCCCCCCC(=O)OCC(COC(=O)CCCCCCCCCCCCCCCCCCCCCCCCCCCCCCCC)OC(=O)CCCCCCCCCCC/C=C\C/C=C\CCCCCCC. The molecule has 0 aromatic heterocycles. The van der Waals surface area contributed by atoms with Crippen LogP contribution in [0.2, 0.25) is 0 Å². The van der Waals surface area contributed by atoms with Crippen molar-refractivity contribution in [1.29, 1.82) is 0 Å². The molecular weight excluding hydrogens is 985 g/mol. The standard InChI is InChI=1S/C74H138O6/c1-4-7-10-13-16-19-22-24-26-28-30-32-33-34-35-36-37-38-39-40-42-43-45-47-49-52-55-58-61-64-67-73(76)79-70-71(69-78-72(75)66-63-60-57-54-51-21-18-15-12-9-6-3)80-74(77)68-65-62-59-56-53-50-48-46-44-41-31-29-27-25-23-20-17-14-11-8-5-2/h15,18,23,25,29,31,71H,4-14,16-17,19-22,24,26-28,30,32-70H2,1-3H3/b18-15-,25-23-,31-29-. The molecule has 0 fully saturated rings. The van der Waals surface area contributed by atoms with Crippen molar-refractivity contribution in [3.05, 3.63) is 36.5 Å². The number of unbranched alkanes of at least 4 members (excludes halogenated alkanes) is 50. The third-order valence-electron chi connectivity index (χ3n) is 16.4. The van der Waals surface area contributed by atoms with E-state index >= 15 is 0 Å². The van der Waals surface area contributed by atoms with Crippen LogP contribution in [-0.2, 0) is 28.6 Å². The monoisotopic (exact) mass is 1120 g/mol. The zero-order valence-electron chi connectivity index (χ0n) is 54.1. The summed E-state index contributed by atoms with van der Waals surface area (Å²) in [7, 11) is 0. The van der Waals surface area contributed by atoms with E-state index in [1.807, 2.05) is 0 Å². The summed E-state index contributed by atoms with van der Waals surface area (Å²) in [6.45, 7) is 6.65. The predicted octanol–water partition coefficient (Wildman–Crippen LogP) is 24.7. The third kappa shape index (κ3) is 66.4. The van der Waals surface area contributed by atoms with Gasteiger partial charge in [-0.2, -0.15) is 0 Å². The molecule has 0 aliphatic heterocycles. The predicted molar refractivity (Wildman–Crippen MR) is 349 cm³/mol. The van der Waals surface area contributed by atoms with E-state index in [4.69, 9.17) is 14.2 Å². The van der Waals surface area contributed by atoms with Gasteiger partial charge < -0.3 is 14.2 Å². The number of rotatable bonds is 67. The molecule has 0 bridgehead atoms. The Balaban J connectivity index is 4.13. The minimum absolute atomic E-state index is 0.0722. The second-order valence-electron chi connectivity index (χ2n) is 24.5. The van der Waals surface area contributed by atoms with E-state index in [1.54, 1.807) is 0 Å². The number of hydrogen-bond acceptors (Lipinski definition) is 6. The topological polar surface area (TPSA) is 78.9 Å². The van der Waals surface area contributed by atoms with Gasteiger partial charge in [0.25, 0.3) is 0 Å². The Morgan fingerprint density at radius 1 is 0.250 bits per heavy atom. The maximum absolute atomic E-state index is 12.9. The van der Waals surface area contributed by atoms with Crippen molar-refractivity contribution < 1.29 is 28.6 Å². The highest BCUT2D eigenvalue weighted by Gasteiger charge is 2.19. The van der Waals surface area contributed by atoms with Crippen LogP contribution in [0.5, 0.6) is 0 Å². The van der Waals surface area contributed by atoms with Gasteiger partial charge in [0.15, 0.2) is 6.10 Å². The van der Waals surface area contributed by atoms with Gasteiger partial charge in [-0.1, -0.05) is 346 Å². The fourth-order valence-electron chi connectivity index (χ4n) is 10.9. The normalized spacial score (nSPS) is 12.2. The lowest BCUT2D eigenvalue weighted by Crippen LogP contribution is -2.30. The summed E-state index contributed by atoms with van der Waals surface area (Å²) in [6.07, 6.45) is 86.2. The van der Waals surface area contributed by atoms with Gasteiger partial charge in [0.1, 0.15) is 13.2 Å². The van der Waals surface area contributed by atoms with Crippen molar-refractivity contribution in [2.45, 2.75) is 406 Å². The van der Waals surface area contributed by atoms with Crippen LogP contribution in [0, 0.1) is 0 Å². The van der Waals surface area contributed by atoms with Crippen molar-refractivity contribution in [1.82, 2.24) is 0 Å². The second-order valence-corrected chi connectivity index (χ2v) is 24.5. The Bertz CT molecular complexity index is 1340. The Kier molecular flexibility index (Phi) is 67.1. The molecule has 0 aromatic rings. The molecule has 0 heterocycles. The van der Waals surface area contributed by atoms with E-state index in [0.29, 0.717) is 19.3 Å². The van der Waals surface area contributed by atoms with Crippen molar-refractivity contribution in [3.63, 3.8) is 0 Å². The molecule has 1 atom stereocenters. The summed E-state index contributed by atoms with van der Waals surface area (Å²) < 4.78 is 17.0. The summed E-state index contributed by atoms with van der Waals surface area (Å²) in [5.41, 5.74) is 0. The lowest BCUT2D eigenvalue weighted by molar-refractivity contribution is -0.167. The van der Waals surface area contributed by atoms with Crippen molar-refractivity contribution in [3.8, 4) is 0 Å². The molecule has 80 heavy (non-hydrogen) atoms. The quantitative estimate of drug-likeness (QED) is 0.0261. The van der Waals surface area contributed by atoms with E-state index in [0.717, 1.165) is 70.6 Å².